The topological polar surface area (TPSA) is 52.1 Å². The number of furan rings is 2. The van der Waals surface area contributed by atoms with Crippen LogP contribution in [0.2, 0.25) is 0 Å². The number of pyridine rings is 2. The van der Waals surface area contributed by atoms with Gasteiger partial charge in [0.1, 0.15) is 5.76 Å². The molecule has 0 spiro atoms. The molecule has 0 aliphatic carbocycles. The molecule has 0 amide bonds. The van der Waals surface area contributed by atoms with Crippen LogP contribution in [0.3, 0.4) is 0 Å². The average molecular weight is 780 g/mol. The van der Waals surface area contributed by atoms with E-state index in [1.807, 2.05) is 48.7 Å². The van der Waals surface area contributed by atoms with Gasteiger partial charge in [-0.25, -0.2) is 0 Å². The van der Waals surface area contributed by atoms with Gasteiger partial charge in [0.05, 0.1) is 5.58 Å². The number of rotatable bonds is 4. The quantitative estimate of drug-likeness (QED) is 0.167. The zero-order chi connectivity index (χ0) is 33.4. The average Bonchev–Trinajstić information content (AvgIpc) is 3.67. The molecule has 0 bridgehead atoms. The molecule has 0 saturated heterocycles. The van der Waals surface area contributed by atoms with E-state index in [1.165, 1.54) is 11.8 Å². The maximum atomic E-state index is 7.23. The minimum absolute atomic E-state index is 0. The number of fused-ring (bicyclic) bond motifs is 5. The number of aromatic nitrogens is 2. The molecule has 0 fully saturated rings. The number of hydrogen-bond donors (Lipinski definition) is 0. The van der Waals surface area contributed by atoms with E-state index in [0.717, 1.165) is 72.3 Å². The van der Waals surface area contributed by atoms with Crippen LogP contribution in [-0.2, 0) is 20.1 Å². The van der Waals surface area contributed by atoms with Crippen LogP contribution in [0.4, 0.5) is 0 Å². The summed E-state index contributed by atoms with van der Waals surface area (Å²) in [5.41, 5.74) is 9.36. The third-order valence-electron chi connectivity index (χ3n) is 8.00. The Morgan fingerprint density at radius 2 is 1.50 bits per heavy atom. The van der Waals surface area contributed by atoms with Crippen LogP contribution in [0.5, 0.6) is 0 Å². The summed E-state index contributed by atoms with van der Waals surface area (Å²) in [4.78, 5) is 8.74. The number of nitrogens with zero attached hydrogens (tertiary/aromatic N) is 2. The van der Waals surface area contributed by atoms with Gasteiger partial charge in [-0.2, -0.15) is 0 Å². The Morgan fingerprint density at radius 1 is 0.717 bits per heavy atom. The molecule has 1 radical (unpaired) electrons. The van der Waals surface area contributed by atoms with Gasteiger partial charge in [0.15, 0.2) is 11.2 Å². The van der Waals surface area contributed by atoms with Crippen molar-refractivity contribution < 1.29 is 33.1 Å². The predicted molar refractivity (Wildman–Crippen MR) is 183 cm³/mol. The van der Waals surface area contributed by atoms with E-state index in [4.69, 9.17) is 12.9 Å². The monoisotopic (exact) mass is 780 g/mol. The summed E-state index contributed by atoms with van der Waals surface area (Å²) < 4.78 is 34.6. The standard InChI is InChI=1S/C29H22NO2.C12H10N.Ir/c1-17(2)20-14-15-30-25(16-20)24-11-7-10-22-23-13-12-21-18(3)26(19-8-5-4-6-9-19)31-28(21)29(23)32-27(22)24;1-10-7-8-12(13-9-10)11-5-3-2-4-6-11;/h4-10,12-17H,1-3H3;2-5,7-9H,1H3;/q2*-1;/i;1D3;. The van der Waals surface area contributed by atoms with Crippen molar-refractivity contribution in [3.63, 3.8) is 0 Å². The molecule has 46 heavy (non-hydrogen) atoms. The second-order valence-electron chi connectivity index (χ2n) is 11.3. The zero-order valence-electron chi connectivity index (χ0n) is 28.6. The van der Waals surface area contributed by atoms with Crippen molar-refractivity contribution in [2.75, 3.05) is 0 Å². The SMILES string of the molecule is Cc1c(-c2ccccc2)oc2c1ccc1c3cc[c-]c(-c4cc(C(C)C)ccn4)c3oc12.[2H]C([2H])([2H])c1ccc(-c2[c-]cccc2)nc1.[Ir]. The summed E-state index contributed by atoms with van der Waals surface area (Å²) in [7, 11) is 0. The predicted octanol–water partition coefficient (Wildman–Crippen LogP) is 11.1. The molecule has 4 aromatic carbocycles. The minimum Gasteiger partial charge on any atom is -0.497 e. The van der Waals surface area contributed by atoms with Crippen LogP contribution in [0.15, 0.2) is 124 Å². The second kappa shape index (κ2) is 13.3. The maximum Gasteiger partial charge on any atom is 0.177 e. The third kappa shape index (κ3) is 5.92. The second-order valence-corrected chi connectivity index (χ2v) is 11.3. The summed E-state index contributed by atoms with van der Waals surface area (Å²) in [6, 6.07) is 39.8. The maximum absolute atomic E-state index is 7.23. The van der Waals surface area contributed by atoms with Gasteiger partial charge in [-0.3, -0.25) is 0 Å². The minimum atomic E-state index is -2.09. The fourth-order valence-electron chi connectivity index (χ4n) is 5.58. The molecule has 0 aliphatic heterocycles. The molecule has 4 nitrogen and oxygen atoms in total. The van der Waals surface area contributed by atoms with E-state index < -0.39 is 6.85 Å². The molecule has 0 saturated carbocycles. The first-order valence-corrected chi connectivity index (χ1v) is 14.9. The van der Waals surface area contributed by atoms with Crippen LogP contribution in [0, 0.1) is 25.9 Å². The molecule has 0 N–H and O–H groups in total. The summed E-state index contributed by atoms with van der Waals surface area (Å²) in [6.07, 6.45) is 3.25. The fraction of sp³-hybridized carbons (Fsp3) is 0.122. The van der Waals surface area contributed by atoms with Crippen LogP contribution >= 0.6 is 0 Å². The Bertz CT molecular complexity index is 2360. The van der Waals surface area contributed by atoms with Gasteiger partial charge in [-0.15, -0.1) is 54.1 Å². The Morgan fingerprint density at radius 3 is 2.24 bits per heavy atom. The Kier molecular flexibility index (Phi) is 7.92. The van der Waals surface area contributed by atoms with Crippen LogP contribution in [-0.4, -0.2) is 9.97 Å². The molecule has 5 heteroatoms. The van der Waals surface area contributed by atoms with Gasteiger partial charge in [0.25, 0.3) is 0 Å². The van der Waals surface area contributed by atoms with Gasteiger partial charge in [0.2, 0.25) is 0 Å². The molecule has 0 atom stereocenters. The zero-order valence-corrected chi connectivity index (χ0v) is 28.0. The van der Waals surface area contributed by atoms with Crippen molar-refractivity contribution in [2.45, 2.75) is 33.5 Å². The summed E-state index contributed by atoms with van der Waals surface area (Å²) >= 11 is 0. The van der Waals surface area contributed by atoms with Crippen molar-refractivity contribution in [1.29, 1.82) is 0 Å². The van der Waals surface area contributed by atoms with E-state index in [9.17, 15) is 0 Å². The summed E-state index contributed by atoms with van der Waals surface area (Å²) in [6.45, 7) is 4.38. The third-order valence-corrected chi connectivity index (χ3v) is 8.00. The van der Waals surface area contributed by atoms with Gasteiger partial charge < -0.3 is 18.8 Å². The van der Waals surface area contributed by atoms with E-state index in [2.05, 4.69) is 85.3 Å². The van der Waals surface area contributed by atoms with Gasteiger partial charge >= 0.3 is 0 Å². The molecule has 4 heterocycles. The van der Waals surface area contributed by atoms with Crippen molar-refractivity contribution in [3.8, 4) is 33.8 Å². The van der Waals surface area contributed by atoms with E-state index in [-0.39, 0.29) is 25.7 Å². The number of hydrogen-bond acceptors (Lipinski definition) is 4. The van der Waals surface area contributed by atoms with Gasteiger partial charge in [-0.1, -0.05) is 85.0 Å². The molecule has 4 aromatic heterocycles. The van der Waals surface area contributed by atoms with E-state index in [0.29, 0.717) is 5.92 Å². The molecular weight excluding hydrogens is 745 g/mol. The number of benzene rings is 4. The van der Waals surface area contributed by atoms with Crippen LogP contribution in [0.1, 0.15) is 40.6 Å². The molecule has 0 aliphatic rings. The molecular formula is C41H32IrN2O2-2. The van der Waals surface area contributed by atoms with E-state index >= 15 is 0 Å². The largest absolute Gasteiger partial charge is 0.497 e. The first-order valence-electron chi connectivity index (χ1n) is 16.4. The molecule has 0 unspecified atom stereocenters. The summed E-state index contributed by atoms with van der Waals surface area (Å²) in [5.74, 6) is 1.31. The molecule has 8 rings (SSSR count). The summed E-state index contributed by atoms with van der Waals surface area (Å²) in [5, 5.41) is 3.15. The Balaban J connectivity index is 0.000000208. The van der Waals surface area contributed by atoms with Gasteiger partial charge in [0, 0.05) is 58.5 Å². The Hall–Kier alpha value is -4.83. The smallest absolute Gasteiger partial charge is 0.177 e. The van der Waals surface area contributed by atoms with Crippen molar-refractivity contribution >= 4 is 32.9 Å². The molecule has 8 aromatic rings. The van der Waals surface area contributed by atoms with Gasteiger partial charge in [-0.05, 0) is 48.8 Å². The van der Waals surface area contributed by atoms with Crippen LogP contribution in [0.25, 0.3) is 66.7 Å². The normalized spacial score (nSPS) is 12.3. The first kappa shape index (κ1) is 27.5. The van der Waals surface area contributed by atoms with Crippen LogP contribution < -0.4 is 0 Å². The van der Waals surface area contributed by atoms with Crippen molar-refractivity contribution in [1.82, 2.24) is 9.97 Å². The van der Waals surface area contributed by atoms with Crippen molar-refractivity contribution in [3.05, 3.63) is 144 Å². The van der Waals surface area contributed by atoms with Crippen molar-refractivity contribution in [2.24, 2.45) is 0 Å². The fourth-order valence-corrected chi connectivity index (χ4v) is 5.58. The molecule has 229 valence electrons. The first-order chi connectivity index (χ1) is 23.2. The van der Waals surface area contributed by atoms with E-state index in [1.54, 1.807) is 18.2 Å². The Labute approximate surface area is 286 Å². The number of aryl methyl sites for hydroxylation is 2.